The van der Waals surface area contributed by atoms with E-state index in [1.54, 1.807) is 0 Å². The van der Waals surface area contributed by atoms with Gasteiger partial charge < -0.3 is 4.74 Å². The van der Waals surface area contributed by atoms with Crippen molar-refractivity contribution in [1.82, 2.24) is 0 Å². The first-order chi connectivity index (χ1) is 15.1. The van der Waals surface area contributed by atoms with E-state index in [4.69, 9.17) is 4.74 Å². The van der Waals surface area contributed by atoms with E-state index in [2.05, 4.69) is 100 Å². The lowest BCUT2D eigenvalue weighted by Crippen LogP contribution is -2.28. The van der Waals surface area contributed by atoms with Crippen LogP contribution in [0.15, 0.2) is 72.3 Å². The van der Waals surface area contributed by atoms with E-state index in [0.717, 1.165) is 19.3 Å². The minimum absolute atomic E-state index is 0.0743. The van der Waals surface area contributed by atoms with Crippen LogP contribution < -0.4 is 0 Å². The van der Waals surface area contributed by atoms with Gasteiger partial charge in [-0.1, -0.05) is 112 Å². The van der Waals surface area contributed by atoms with Gasteiger partial charge >= 0.3 is 0 Å². The highest BCUT2D eigenvalue weighted by molar-refractivity contribution is 5.20. The second-order valence-electron chi connectivity index (χ2n) is 8.74. The molecular weight excluding hydrogens is 376 g/mol. The van der Waals surface area contributed by atoms with E-state index in [9.17, 15) is 0 Å². The van der Waals surface area contributed by atoms with Crippen molar-refractivity contribution in [3.8, 4) is 11.8 Å². The van der Waals surface area contributed by atoms with E-state index in [1.807, 2.05) is 6.07 Å². The van der Waals surface area contributed by atoms with E-state index < -0.39 is 0 Å². The zero-order chi connectivity index (χ0) is 22.3. The van der Waals surface area contributed by atoms with Crippen molar-refractivity contribution in [2.24, 2.45) is 11.8 Å². The van der Waals surface area contributed by atoms with E-state index in [1.165, 1.54) is 36.0 Å². The van der Waals surface area contributed by atoms with Crippen LogP contribution in [0.25, 0.3) is 0 Å². The molecular formula is C30H40O. The lowest BCUT2D eigenvalue weighted by molar-refractivity contribution is 0.0361. The first-order valence-electron chi connectivity index (χ1n) is 12.0. The number of hydrogen-bond acceptors (Lipinski definition) is 1. The third-order valence-corrected chi connectivity index (χ3v) is 5.73. The molecule has 0 aliphatic heterocycles. The Morgan fingerprint density at radius 1 is 0.935 bits per heavy atom. The van der Waals surface area contributed by atoms with Gasteiger partial charge in [0.15, 0.2) is 0 Å². The predicted octanol–water partition coefficient (Wildman–Crippen LogP) is 8.01. The van der Waals surface area contributed by atoms with Crippen molar-refractivity contribution < 1.29 is 4.74 Å². The SMILES string of the molecule is CCCCCC#C[C@@H](OCc1ccccc1)[C@@H](/C(C)=C/CCc1ccccc1)C(C)C. The maximum absolute atomic E-state index is 6.43. The molecule has 0 radical (unpaired) electrons. The average molecular weight is 417 g/mol. The van der Waals surface area contributed by atoms with Crippen LogP contribution in [-0.2, 0) is 17.8 Å². The molecule has 0 saturated carbocycles. The number of hydrogen-bond donors (Lipinski definition) is 0. The van der Waals surface area contributed by atoms with Gasteiger partial charge in [0.25, 0.3) is 0 Å². The Bertz CT molecular complexity index is 808. The minimum Gasteiger partial charge on any atom is -0.360 e. The summed E-state index contributed by atoms with van der Waals surface area (Å²) in [6, 6.07) is 21.1. The molecule has 0 fully saturated rings. The molecule has 31 heavy (non-hydrogen) atoms. The van der Waals surface area contributed by atoms with Crippen LogP contribution in [-0.4, -0.2) is 6.10 Å². The van der Waals surface area contributed by atoms with Crippen molar-refractivity contribution in [3.05, 3.63) is 83.4 Å². The van der Waals surface area contributed by atoms with Crippen LogP contribution in [0, 0.1) is 23.7 Å². The fourth-order valence-corrected chi connectivity index (χ4v) is 3.99. The van der Waals surface area contributed by atoms with Crippen LogP contribution in [0.1, 0.15) is 70.9 Å². The summed E-state index contributed by atoms with van der Waals surface area (Å²) in [4.78, 5) is 0. The number of aryl methyl sites for hydroxylation is 1. The molecule has 0 aliphatic carbocycles. The van der Waals surface area contributed by atoms with Gasteiger partial charge in [0.05, 0.1) is 6.61 Å². The fraction of sp³-hybridized carbons (Fsp3) is 0.467. The summed E-state index contributed by atoms with van der Waals surface area (Å²) in [5.74, 6) is 7.71. The summed E-state index contributed by atoms with van der Waals surface area (Å²) in [6.45, 7) is 9.67. The molecule has 2 aromatic carbocycles. The van der Waals surface area contributed by atoms with Crippen molar-refractivity contribution in [2.45, 2.75) is 78.9 Å². The maximum Gasteiger partial charge on any atom is 0.125 e. The molecule has 0 aromatic heterocycles. The van der Waals surface area contributed by atoms with E-state index in [-0.39, 0.29) is 6.10 Å². The molecule has 0 aliphatic rings. The van der Waals surface area contributed by atoms with Crippen LogP contribution in [0.4, 0.5) is 0 Å². The first kappa shape index (κ1) is 25.0. The quantitative estimate of drug-likeness (QED) is 0.193. The highest BCUT2D eigenvalue weighted by Crippen LogP contribution is 2.27. The topological polar surface area (TPSA) is 9.23 Å². The summed E-state index contributed by atoms with van der Waals surface area (Å²) in [5, 5.41) is 0. The highest BCUT2D eigenvalue weighted by Gasteiger charge is 2.25. The molecule has 0 heterocycles. The Balaban J connectivity index is 2.10. The van der Waals surface area contributed by atoms with Gasteiger partial charge in [-0.3, -0.25) is 0 Å². The molecule has 0 spiro atoms. The van der Waals surface area contributed by atoms with Gasteiger partial charge in [0.2, 0.25) is 0 Å². The molecule has 0 bridgehead atoms. The summed E-state index contributed by atoms with van der Waals surface area (Å²) in [6.07, 6.45) is 9.05. The number of rotatable bonds is 12. The van der Waals surface area contributed by atoms with Crippen LogP contribution in [0.5, 0.6) is 0 Å². The van der Waals surface area contributed by atoms with Gasteiger partial charge in [-0.15, -0.1) is 5.92 Å². The summed E-state index contributed by atoms with van der Waals surface area (Å²) in [7, 11) is 0. The second-order valence-corrected chi connectivity index (χ2v) is 8.74. The molecule has 166 valence electrons. The fourth-order valence-electron chi connectivity index (χ4n) is 3.99. The van der Waals surface area contributed by atoms with Crippen molar-refractivity contribution in [1.29, 1.82) is 0 Å². The molecule has 1 heteroatoms. The van der Waals surface area contributed by atoms with Gasteiger partial charge in [0, 0.05) is 12.3 Å². The smallest absolute Gasteiger partial charge is 0.125 e. The molecule has 0 amide bonds. The molecule has 0 N–H and O–H groups in total. The number of unbranched alkanes of at least 4 members (excludes halogenated alkanes) is 3. The Labute approximate surface area is 190 Å². The lowest BCUT2D eigenvalue weighted by atomic mass is 9.83. The third-order valence-electron chi connectivity index (χ3n) is 5.73. The van der Waals surface area contributed by atoms with Gasteiger partial charge in [-0.05, 0) is 43.2 Å². The minimum atomic E-state index is -0.0743. The maximum atomic E-state index is 6.43. The molecule has 2 rings (SSSR count). The number of benzene rings is 2. The van der Waals surface area contributed by atoms with E-state index in [0.29, 0.717) is 18.4 Å². The Kier molecular flexibility index (Phi) is 11.8. The van der Waals surface area contributed by atoms with Crippen LogP contribution in [0.3, 0.4) is 0 Å². The van der Waals surface area contributed by atoms with Gasteiger partial charge in [-0.25, -0.2) is 0 Å². The van der Waals surface area contributed by atoms with Crippen LogP contribution in [0.2, 0.25) is 0 Å². The van der Waals surface area contributed by atoms with Gasteiger partial charge in [-0.2, -0.15) is 0 Å². The summed E-state index contributed by atoms with van der Waals surface area (Å²) < 4.78 is 6.43. The standard InChI is InChI=1S/C30H40O/c1-5-6-7-8-15-23-29(31-24-28-20-13-10-14-21-28)30(25(2)3)26(4)17-16-22-27-18-11-9-12-19-27/h9-14,17-21,25,29-30H,5-8,16,22,24H2,1-4H3/b26-17+/t29-,30-/m1/s1. The van der Waals surface area contributed by atoms with Crippen molar-refractivity contribution >= 4 is 0 Å². The monoisotopic (exact) mass is 416 g/mol. The zero-order valence-corrected chi connectivity index (χ0v) is 19.9. The zero-order valence-electron chi connectivity index (χ0n) is 19.9. The second kappa shape index (κ2) is 14.7. The average Bonchev–Trinajstić information content (AvgIpc) is 2.78. The van der Waals surface area contributed by atoms with E-state index >= 15 is 0 Å². The van der Waals surface area contributed by atoms with Crippen molar-refractivity contribution in [2.75, 3.05) is 0 Å². The lowest BCUT2D eigenvalue weighted by Gasteiger charge is -2.28. The Hall–Kier alpha value is -2.30. The van der Waals surface area contributed by atoms with Crippen molar-refractivity contribution in [3.63, 3.8) is 0 Å². The van der Waals surface area contributed by atoms with Crippen LogP contribution >= 0.6 is 0 Å². The molecule has 2 aromatic rings. The largest absolute Gasteiger partial charge is 0.360 e. The first-order valence-corrected chi connectivity index (χ1v) is 12.0. The molecule has 0 unspecified atom stereocenters. The molecule has 2 atom stereocenters. The third kappa shape index (κ3) is 9.58. The molecule has 0 saturated heterocycles. The predicted molar refractivity (Wildman–Crippen MR) is 134 cm³/mol. The number of allylic oxidation sites excluding steroid dienone is 1. The Morgan fingerprint density at radius 3 is 2.19 bits per heavy atom. The highest BCUT2D eigenvalue weighted by atomic mass is 16.5. The summed E-state index contributed by atoms with van der Waals surface area (Å²) in [5.41, 5.74) is 3.99. The van der Waals surface area contributed by atoms with Gasteiger partial charge in [0.1, 0.15) is 6.10 Å². The normalized spacial score (nSPS) is 13.5. The summed E-state index contributed by atoms with van der Waals surface area (Å²) >= 11 is 0. The number of ether oxygens (including phenoxy) is 1. The molecule has 1 nitrogen and oxygen atoms in total. The Morgan fingerprint density at radius 2 is 1.58 bits per heavy atom.